The molecule has 6 heterocycles. The van der Waals surface area contributed by atoms with Crippen molar-refractivity contribution in [2.45, 2.75) is 50.2 Å². The lowest BCUT2D eigenvalue weighted by molar-refractivity contribution is 0.0829. The summed E-state index contributed by atoms with van der Waals surface area (Å²) in [6.07, 6.45) is 11.8. The molecule has 2 aromatic heterocycles. The molecule has 45 heavy (non-hydrogen) atoms. The van der Waals surface area contributed by atoms with E-state index < -0.39 is 11.6 Å². The number of hydrogen-bond donors (Lipinski definition) is 2. The summed E-state index contributed by atoms with van der Waals surface area (Å²) < 4.78 is 38.2. The maximum Gasteiger partial charge on any atom is 0.319 e. The minimum absolute atomic E-state index is 0.0166. The molecule has 0 radical (unpaired) electrons. The zero-order valence-electron chi connectivity index (χ0n) is 25.1. The number of piperidine rings is 1. The number of ether oxygens (including phenoxy) is 1. The van der Waals surface area contributed by atoms with Crippen molar-refractivity contribution in [1.29, 1.82) is 0 Å². The van der Waals surface area contributed by atoms with Crippen LogP contribution >= 0.6 is 0 Å². The van der Waals surface area contributed by atoms with Crippen LogP contribution in [0.25, 0.3) is 32.9 Å². The molecular weight excluding hydrogens is 574 g/mol. The number of fused-ring (bicyclic) bond motifs is 7. The molecule has 1 aliphatic carbocycles. The summed E-state index contributed by atoms with van der Waals surface area (Å²) in [4.78, 5) is 18.9. The number of phenols is 1. The molecule has 2 N–H and O–H groups in total. The fourth-order valence-electron chi connectivity index (χ4n) is 9.07. The van der Waals surface area contributed by atoms with E-state index in [-0.39, 0.29) is 39.6 Å². The minimum atomic E-state index is -0.698. The van der Waals surface area contributed by atoms with Gasteiger partial charge in [0.1, 0.15) is 35.2 Å². The standard InChI is InChI=1S/C35H34F2N6O2/c1-3-24-28(36)7-4-19-8-23(44)10-25(29(19)24)31-30(37)32-26(12-38-31)33(42-15-21-5-6-22(16-42)39-21)41-34(40-32)45-17-35-11-18(2)13-43(35)14-20-9-27(20)35/h1,4,7-8,10,12,18,20-22,27,39,44H,5-6,9,11,13-17H2,2H3/t18?,20-,21-,22+,27-,35-/m1/s1. The average molecular weight is 609 g/mol. The number of benzene rings is 2. The molecule has 5 aliphatic rings. The summed E-state index contributed by atoms with van der Waals surface area (Å²) in [6, 6.07) is 6.42. The maximum atomic E-state index is 16.8. The van der Waals surface area contributed by atoms with Crippen molar-refractivity contribution in [3.63, 3.8) is 0 Å². The number of halogens is 2. The third kappa shape index (κ3) is 4.13. The molecule has 9 rings (SSSR count). The monoisotopic (exact) mass is 608 g/mol. The lowest BCUT2D eigenvalue weighted by atomic mass is 9.89. The molecule has 4 aliphatic heterocycles. The van der Waals surface area contributed by atoms with Crippen LogP contribution in [0.4, 0.5) is 14.6 Å². The Hall–Kier alpha value is -4.07. The van der Waals surface area contributed by atoms with E-state index in [1.807, 2.05) is 0 Å². The molecule has 1 unspecified atom stereocenters. The molecule has 2 bridgehead atoms. The number of terminal acetylenes is 1. The van der Waals surface area contributed by atoms with Gasteiger partial charge in [-0.3, -0.25) is 9.88 Å². The lowest BCUT2D eigenvalue weighted by Gasteiger charge is -2.35. The molecule has 4 aromatic rings. The van der Waals surface area contributed by atoms with Crippen LogP contribution in [0.2, 0.25) is 0 Å². The van der Waals surface area contributed by atoms with Crippen LogP contribution < -0.4 is 15.0 Å². The zero-order chi connectivity index (χ0) is 30.6. The van der Waals surface area contributed by atoms with E-state index in [9.17, 15) is 9.50 Å². The van der Waals surface area contributed by atoms with Crippen LogP contribution in [-0.4, -0.2) is 75.4 Å². The number of aromatic hydroxyl groups is 1. The normalized spacial score (nSPS) is 30.1. The van der Waals surface area contributed by atoms with Crippen molar-refractivity contribution in [3.05, 3.63) is 47.7 Å². The van der Waals surface area contributed by atoms with E-state index in [4.69, 9.17) is 16.1 Å². The highest BCUT2D eigenvalue weighted by molar-refractivity contribution is 6.03. The van der Waals surface area contributed by atoms with Crippen LogP contribution in [-0.2, 0) is 0 Å². The quantitative estimate of drug-likeness (QED) is 0.311. The van der Waals surface area contributed by atoms with Gasteiger partial charge < -0.3 is 20.1 Å². The molecule has 1 saturated carbocycles. The van der Waals surface area contributed by atoms with Crippen molar-refractivity contribution in [2.24, 2.45) is 17.8 Å². The van der Waals surface area contributed by atoms with E-state index in [1.165, 1.54) is 30.7 Å². The molecule has 230 valence electrons. The van der Waals surface area contributed by atoms with Crippen molar-refractivity contribution in [3.8, 4) is 35.4 Å². The number of piperazine rings is 1. The van der Waals surface area contributed by atoms with Gasteiger partial charge in [-0.1, -0.05) is 18.9 Å². The molecule has 5 fully saturated rings. The number of anilines is 1. The van der Waals surface area contributed by atoms with E-state index >= 15 is 4.39 Å². The minimum Gasteiger partial charge on any atom is -0.508 e. The Kier molecular flexibility index (Phi) is 5.88. The van der Waals surface area contributed by atoms with Gasteiger partial charge in [0, 0.05) is 55.4 Å². The van der Waals surface area contributed by atoms with Gasteiger partial charge in [-0.05, 0) is 67.0 Å². The molecule has 0 amide bonds. The second kappa shape index (κ2) is 9.71. The van der Waals surface area contributed by atoms with E-state index in [2.05, 4.69) is 37.9 Å². The number of aromatic nitrogens is 3. The Bertz CT molecular complexity index is 1930. The number of rotatable bonds is 5. The predicted molar refractivity (Wildman–Crippen MR) is 167 cm³/mol. The van der Waals surface area contributed by atoms with Crippen molar-refractivity contribution < 1.29 is 18.6 Å². The highest BCUT2D eigenvalue weighted by Gasteiger charge is 2.65. The highest BCUT2D eigenvalue weighted by atomic mass is 19.1. The number of pyridine rings is 1. The van der Waals surface area contributed by atoms with Crippen LogP contribution in [0.1, 0.15) is 38.2 Å². The Morgan fingerprint density at radius 2 is 1.96 bits per heavy atom. The number of hydrogen-bond acceptors (Lipinski definition) is 8. The second-order valence-electron chi connectivity index (χ2n) is 13.9. The number of phenolic OH excluding ortho intramolecular Hbond substituents is 1. The van der Waals surface area contributed by atoms with Gasteiger partial charge in [0.05, 0.1) is 16.5 Å². The summed E-state index contributed by atoms with van der Waals surface area (Å²) in [6.45, 7) is 6.45. The van der Waals surface area contributed by atoms with Crippen LogP contribution in [0, 0.1) is 41.7 Å². The molecule has 10 heteroatoms. The number of nitrogens with one attached hydrogen (secondary N) is 1. The van der Waals surface area contributed by atoms with E-state index in [0.29, 0.717) is 52.5 Å². The lowest BCUT2D eigenvalue weighted by Crippen LogP contribution is -2.51. The largest absolute Gasteiger partial charge is 0.508 e. The fraction of sp³-hybridized carbons (Fsp3) is 0.457. The molecule has 8 nitrogen and oxygen atoms in total. The molecular formula is C35H34F2N6O2. The van der Waals surface area contributed by atoms with Crippen molar-refractivity contribution in [2.75, 3.05) is 37.7 Å². The van der Waals surface area contributed by atoms with Gasteiger partial charge in [-0.15, -0.1) is 6.42 Å². The van der Waals surface area contributed by atoms with Gasteiger partial charge in [0.25, 0.3) is 0 Å². The summed E-state index contributed by atoms with van der Waals surface area (Å²) >= 11 is 0. The van der Waals surface area contributed by atoms with Gasteiger partial charge in [-0.2, -0.15) is 9.97 Å². The second-order valence-corrected chi connectivity index (χ2v) is 13.9. The first-order chi connectivity index (χ1) is 21.8. The molecule has 2 aromatic carbocycles. The van der Waals surface area contributed by atoms with E-state index in [1.54, 1.807) is 6.20 Å². The highest BCUT2D eigenvalue weighted by Crippen LogP contribution is 2.60. The first-order valence-corrected chi connectivity index (χ1v) is 16.0. The Morgan fingerprint density at radius 1 is 1.13 bits per heavy atom. The molecule has 6 atom stereocenters. The van der Waals surface area contributed by atoms with Crippen LogP contribution in [0.3, 0.4) is 0 Å². The Balaban J connectivity index is 1.19. The Morgan fingerprint density at radius 3 is 2.76 bits per heavy atom. The third-order valence-corrected chi connectivity index (χ3v) is 11.0. The van der Waals surface area contributed by atoms with Crippen LogP contribution in [0.15, 0.2) is 30.5 Å². The SMILES string of the molecule is C#Cc1c(F)ccc2cc(O)cc(-c3ncc4c(N5C[C@H]6CC[C@@H](C5)N6)nc(OC[C@@]56CC(C)CN5C[C@H]5C[C@H]56)nc4c3F)c12. The van der Waals surface area contributed by atoms with Gasteiger partial charge in [-0.25, -0.2) is 8.78 Å². The summed E-state index contributed by atoms with van der Waals surface area (Å²) in [5.41, 5.74) is 0.157. The molecule has 4 saturated heterocycles. The smallest absolute Gasteiger partial charge is 0.319 e. The zero-order valence-corrected chi connectivity index (χ0v) is 25.1. The van der Waals surface area contributed by atoms with Crippen molar-refractivity contribution in [1.82, 2.24) is 25.2 Å². The van der Waals surface area contributed by atoms with Gasteiger partial charge in [0.2, 0.25) is 0 Å². The topological polar surface area (TPSA) is 86.6 Å². The summed E-state index contributed by atoms with van der Waals surface area (Å²) in [5.74, 6) is 3.56. The van der Waals surface area contributed by atoms with Gasteiger partial charge >= 0.3 is 6.01 Å². The first-order valence-electron chi connectivity index (χ1n) is 16.0. The van der Waals surface area contributed by atoms with Gasteiger partial charge in [0.15, 0.2) is 5.82 Å². The number of nitrogens with zero attached hydrogens (tertiary/aromatic N) is 5. The summed E-state index contributed by atoms with van der Waals surface area (Å²) in [5, 5.41) is 15.5. The third-order valence-electron chi connectivity index (χ3n) is 11.0. The van der Waals surface area contributed by atoms with Crippen LogP contribution in [0.5, 0.6) is 11.8 Å². The average Bonchev–Trinajstić information content (AvgIpc) is 3.50. The first kappa shape index (κ1) is 27.3. The predicted octanol–water partition coefficient (Wildman–Crippen LogP) is 4.86. The summed E-state index contributed by atoms with van der Waals surface area (Å²) in [7, 11) is 0. The Labute approximate surface area is 259 Å². The van der Waals surface area contributed by atoms with Crippen molar-refractivity contribution >= 4 is 27.5 Å². The molecule has 0 spiro atoms. The fourth-order valence-corrected chi connectivity index (χ4v) is 9.07. The maximum absolute atomic E-state index is 16.8. The van der Waals surface area contributed by atoms with E-state index in [0.717, 1.165) is 51.4 Å².